The van der Waals surface area contributed by atoms with Crippen LogP contribution in [0.3, 0.4) is 0 Å². The molecule has 5 heteroatoms. The summed E-state index contributed by atoms with van der Waals surface area (Å²) in [7, 11) is 0. The summed E-state index contributed by atoms with van der Waals surface area (Å²) in [6, 6.07) is 8.41. The highest BCUT2D eigenvalue weighted by atomic mass is 127. The number of aliphatic hydroxyl groups is 1. The van der Waals surface area contributed by atoms with E-state index in [4.69, 9.17) is 10.8 Å². The monoisotopic (exact) mass is 356 g/mol. The molecule has 0 bridgehead atoms. The molecule has 1 aromatic carbocycles. The summed E-state index contributed by atoms with van der Waals surface area (Å²) in [4.78, 5) is 2.15. The molecule has 0 aromatic heterocycles. The van der Waals surface area contributed by atoms with Gasteiger partial charge in [-0.1, -0.05) is 12.1 Å². The number of nitrogens with two attached hydrogens (primary N) is 1. The molecule has 92 valence electrons. The second kappa shape index (κ2) is 9.18. The van der Waals surface area contributed by atoms with Crippen LogP contribution in [0.5, 0.6) is 0 Å². The van der Waals surface area contributed by atoms with Gasteiger partial charge in [0.05, 0.1) is 6.61 Å². The highest BCUT2D eigenvalue weighted by Gasteiger charge is 2.03. The summed E-state index contributed by atoms with van der Waals surface area (Å²) in [6.07, 6.45) is 0. The molecule has 0 unspecified atom stereocenters. The van der Waals surface area contributed by atoms with Crippen molar-refractivity contribution in [2.75, 3.05) is 26.2 Å². The van der Waals surface area contributed by atoms with Crippen molar-refractivity contribution in [1.82, 2.24) is 4.90 Å². The molecule has 0 amide bonds. The van der Waals surface area contributed by atoms with Gasteiger partial charge in [-0.3, -0.25) is 4.90 Å². The van der Waals surface area contributed by atoms with Crippen molar-refractivity contribution in [3.8, 4) is 0 Å². The highest BCUT2D eigenvalue weighted by molar-refractivity contribution is 14.1. The normalized spacial score (nSPS) is 10.2. The quantitative estimate of drug-likeness (QED) is 0.759. The zero-order valence-corrected chi connectivity index (χ0v) is 12.1. The number of hydrogen-bond acceptors (Lipinski definition) is 3. The van der Waals surface area contributed by atoms with Gasteiger partial charge in [0.15, 0.2) is 0 Å². The molecule has 0 aliphatic heterocycles. The third kappa shape index (κ3) is 6.00. The first-order valence-electron chi connectivity index (χ1n) is 5.04. The number of hydrogen-bond donors (Lipinski definition) is 2. The fraction of sp³-hybridized carbons (Fsp3) is 0.455. The average molecular weight is 357 g/mol. The largest absolute Gasteiger partial charge is 0.395 e. The standard InChI is InChI=1S/C11H17IN2O.ClH/c12-11-3-1-10(2-4-11)9-14(6-5-13)7-8-15;/h1-4,15H,5-9,13H2;1H. The molecule has 1 rings (SSSR count). The van der Waals surface area contributed by atoms with E-state index >= 15 is 0 Å². The van der Waals surface area contributed by atoms with E-state index in [2.05, 4.69) is 51.8 Å². The van der Waals surface area contributed by atoms with Gasteiger partial charge in [0.25, 0.3) is 0 Å². The van der Waals surface area contributed by atoms with Crippen molar-refractivity contribution in [3.05, 3.63) is 33.4 Å². The van der Waals surface area contributed by atoms with Crippen molar-refractivity contribution < 1.29 is 5.11 Å². The summed E-state index contributed by atoms with van der Waals surface area (Å²) >= 11 is 2.29. The Balaban J connectivity index is 0.00000225. The number of halogens is 2. The van der Waals surface area contributed by atoms with Gasteiger partial charge >= 0.3 is 0 Å². The zero-order chi connectivity index (χ0) is 11.1. The van der Waals surface area contributed by atoms with Gasteiger partial charge in [-0.25, -0.2) is 0 Å². The van der Waals surface area contributed by atoms with Crippen LogP contribution in [-0.2, 0) is 6.54 Å². The lowest BCUT2D eigenvalue weighted by atomic mass is 10.2. The van der Waals surface area contributed by atoms with E-state index in [1.54, 1.807) is 0 Å². The maximum atomic E-state index is 8.90. The molecule has 0 spiro atoms. The Labute approximate surface area is 117 Å². The molecule has 0 fully saturated rings. The predicted molar refractivity (Wildman–Crippen MR) is 77.8 cm³/mol. The van der Waals surface area contributed by atoms with Gasteiger partial charge in [0.1, 0.15) is 0 Å². The third-order valence-electron chi connectivity index (χ3n) is 2.18. The van der Waals surface area contributed by atoms with Crippen molar-refractivity contribution in [1.29, 1.82) is 0 Å². The minimum Gasteiger partial charge on any atom is -0.395 e. The van der Waals surface area contributed by atoms with Gasteiger partial charge < -0.3 is 10.8 Å². The van der Waals surface area contributed by atoms with Crippen molar-refractivity contribution in [2.24, 2.45) is 5.73 Å². The number of rotatable bonds is 6. The Bertz CT molecular complexity index is 276. The smallest absolute Gasteiger partial charge is 0.0558 e. The Morgan fingerprint density at radius 2 is 1.81 bits per heavy atom. The fourth-order valence-corrected chi connectivity index (χ4v) is 1.80. The lowest BCUT2D eigenvalue weighted by Gasteiger charge is -2.20. The molecule has 16 heavy (non-hydrogen) atoms. The topological polar surface area (TPSA) is 49.5 Å². The number of benzene rings is 1. The SMILES string of the molecule is Cl.NCCN(CCO)Cc1ccc(I)cc1. The van der Waals surface area contributed by atoms with Gasteiger partial charge in [-0.15, -0.1) is 12.4 Å². The summed E-state index contributed by atoms with van der Waals surface area (Å²) in [5, 5.41) is 8.90. The molecular formula is C11H18ClIN2O. The van der Waals surface area contributed by atoms with E-state index in [-0.39, 0.29) is 19.0 Å². The van der Waals surface area contributed by atoms with Crippen LogP contribution >= 0.6 is 35.0 Å². The van der Waals surface area contributed by atoms with E-state index < -0.39 is 0 Å². The van der Waals surface area contributed by atoms with Crippen LogP contribution < -0.4 is 5.73 Å². The first kappa shape index (κ1) is 16.1. The van der Waals surface area contributed by atoms with Gasteiger partial charge in [0, 0.05) is 29.7 Å². The molecule has 0 radical (unpaired) electrons. The van der Waals surface area contributed by atoms with Gasteiger partial charge in [-0.2, -0.15) is 0 Å². The van der Waals surface area contributed by atoms with Crippen LogP contribution in [0.4, 0.5) is 0 Å². The Hall–Kier alpha value is 0.120. The highest BCUT2D eigenvalue weighted by Crippen LogP contribution is 2.08. The molecule has 3 nitrogen and oxygen atoms in total. The molecule has 0 saturated heterocycles. The van der Waals surface area contributed by atoms with Crippen molar-refractivity contribution in [2.45, 2.75) is 6.54 Å². The molecule has 1 aromatic rings. The third-order valence-corrected chi connectivity index (χ3v) is 2.90. The summed E-state index contributed by atoms with van der Waals surface area (Å²) < 4.78 is 1.24. The lowest BCUT2D eigenvalue weighted by molar-refractivity contribution is 0.194. The summed E-state index contributed by atoms with van der Waals surface area (Å²) in [5.41, 5.74) is 6.77. The van der Waals surface area contributed by atoms with E-state index in [1.807, 2.05) is 0 Å². The van der Waals surface area contributed by atoms with Crippen molar-refractivity contribution >= 4 is 35.0 Å². The lowest BCUT2D eigenvalue weighted by Crippen LogP contribution is -2.31. The molecule has 0 aliphatic carbocycles. The van der Waals surface area contributed by atoms with Crippen LogP contribution in [0.2, 0.25) is 0 Å². The van der Waals surface area contributed by atoms with Gasteiger partial charge in [0.2, 0.25) is 0 Å². The fourth-order valence-electron chi connectivity index (χ4n) is 1.44. The van der Waals surface area contributed by atoms with Crippen LogP contribution in [0.15, 0.2) is 24.3 Å². The second-order valence-corrected chi connectivity index (χ2v) is 4.66. The maximum Gasteiger partial charge on any atom is 0.0558 e. The molecule has 0 saturated carbocycles. The van der Waals surface area contributed by atoms with E-state index in [9.17, 15) is 0 Å². The molecule has 0 heterocycles. The number of aliphatic hydroxyl groups excluding tert-OH is 1. The first-order valence-corrected chi connectivity index (χ1v) is 6.12. The molecular weight excluding hydrogens is 338 g/mol. The first-order chi connectivity index (χ1) is 7.26. The minimum absolute atomic E-state index is 0. The minimum atomic E-state index is 0. The van der Waals surface area contributed by atoms with E-state index in [1.165, 1.54) is 9.13 Å². The predicted octanol–water partition coefficient (Wildman–Crippen LogP) is 1.47. The molecule has 0 atom stereocenters. The van der Waals surface area contributed by atoms with Crippen LogP contribution in [0, 0.1) is 3.57 Å². The second-order valence-electron chi connectivity index (χ2n) is 3.41. The summed E-state index contributed by atoms with van der Waals surface area (Å²) in [5.74, 6) is 0. The van der Waals surface area contributed by atoms with Gasteiger partial charge in [-0.05, 0) is 40.3 Å². The van der Waals surface area contributed by atoms with Crippen LogP contribution in [0.1, 0.15) is 5.56 Å². The molecule has 3 N–H and O–H groups in total. The maximum absolute atomic E-state index is 8.90. The molecule has 0 aliphatic rings. The van der Waals surface area contributed by atoms with E-state index in [0.717, 1.165) is 13.1 Å². The Kier molecular flexibility index (Phi) is 9.25. The Morgan fingerprint density at radius 1 is 1.19 bits per heavy atom. The summed E-state index contributed by atoms with van der Waals surface area (Å²) in [6.45, 7) is 3.18. The van der Waals surface area contributed by atoms with E-state index in [0.29, 0.717) is 13.1 Å². The van der Waals surface area contributed by atoms with Crippen molar-refractivity contribution in [3.63, 3.8) is 0 Å². The number of nitrogens with zero attached hydrogens (tertiary/aromatic N) is 1. The van der Waals surface area contributed by atoms with Crippen LogP contribution in [0.25, 0.3) is 0 Å². The average Bonchev–Trinajstić information content (AvgIpc) is 2.22. The Morgan fingerprint density at radius 3 is 2.31 bits per heavy atom. The van der Waals surface area contributed by atoms with Crippen LogP contribution in [-0.4, -0.2) is 36.2 Å². The zero-order valence-electron chi connectivity index (χ0n) is 9.10.